The molecule has 2 aliphatic heterocycles. The van der Waals surface area contributed by atoms with Gasteiger partial charge >= 0.3 is 24.3 Å². The molecule has 0 aliphatic carbocycles. The first-order chi connectivity index (χ1) is 30.9. The third kappa shape index (κ3) is 9.12. The van der Waals surface area contributed by atoms with E-state index in [9.17, 15) is 46.2 Å². The highest BCUT2D eigenvalue weighted by atomic mass is 19.4. The Kier molecular flexibility index (Phi) is 11.7. The van der Waals surface area contributed by atoms with Crippen LogP contribution in [-0.4, -0.2) is 82.7 Å². The number of carbonyl (C=O) groups excluding carboxylic acids is 2. The van der Waals surface area contributed by atoms with Crippen molar-refractivity contribution in [2.75, 3.05) is 0 Å². The number of benzene rings is 2. The Labute approximate surface area is 363 Å². The summed E-state index contributed by atoms with van der Waals surface area (Å²) in [6.45, 7) is 7.17. The van der Waals surface area contributed by atoms with E-state index < -0.39 is 24.3 Å². The number of aliphatic hydroxyl groups is 1. The fraction of sp³-hybridized carbons (Fsp3) is 0.286. The number of hydrogen-bond donors (Lipinski definition) is 1. The van der Waals surface area contributed by atoms with Crippen molar-refractivity contribution in [3.63, 3.8) is 0 Å². The lowest BCUT2D eigenvalue weighted by atomic mass is 10.1. The molecule has 0 saturated heterocycles. The zero-order valence-corrected chi connectivity index (χ0v) is 34.6. The van der Waals surface area contributed by atoms with E-state index in [2.05, 4.69) is 99.9 Å². The molecule has 8 heterocycles. The quantitative estimate of drug-likeness (QED) is 0.0731. The molecule has 23 heteroatoms. The maximum Gasteiger partial charge on any atom is 0.491 e. The van der Waals surface area contributed by atoms with Gasteiger partial charge in [0.05, 0.1) is 23.7 Å². The second-order valence-electron chi connectivity index (χ2n) is 15.1. The normalized spacial score (nSPS) is 12.5. The Hall–Kier alpha value is -7.56. The number of alkyl halides is 6. The number of rotatable bonds is 7. The molecule has 0 unspecified atom stereocenters. The highest BCUT2D eigenvalue weighted by Gasteiger charge is 2.49. The SMILES string of the molecule is Cc1c[n+]([O-])c(C)c2nc(CCc3cn4c(n3)-c3ccccc3C4)nn12.Cc1cnc(CO)c2nc(CCc3cn4c(n3)-c3ccccc3C4)nn12.O=C(OC(=O)C(F)(F)F)C(F)(F)F. The van der Waals surface area contributed by atoms with Gasteiger partial charge in [0, 0.05) is 62.6 Å². The van der Waals surface area contributed by atoms with Crippen LogP contribution < -0.4 is 4.73 Å². The van der Waals surface area contributed by atoms with Gasteiger partial charge in [-0.15, -0.1) is 0 Å². The van der Waals surface area contributed by atoms with Gasteiger partial charge in [-0.2, -0.15) is 41.3 Å². The summed E-state index contributed by atoms with van der Waals surface area (Å²) in [6, 6.07) is 16.8. The molecule has 0 radical (unpaired) electrons. The van der Waals surface area contributed by atoms with Gasteiger partial charge in [-0.25, -0.2) is 38.6 Å². The van der Waals surface area contributed by atoms with E-state index in [1.54, 1.807) is 22.2 Å². The van der Waals surface area contributed by atoms with Crippen LogP contribution in [0.3, 0.4) is 0 Å². The van der Waals surface area contributed by atoms with E-state index in [0.29, 0.717) is 35.5 Å². The lowest BCUT2D eigenvalue weighted by molar-refractivity contribution is -0.612. The molecular formula is C42H36F6N12O5. The average Bonchev–Trinajstić information content (AvgIpc) is 4.12. The summed E-state index contributed by atoms with van der Waals surface area (Å²) in [5, 5.41) is 30.4. The smallest absolute Gasteiger partial charge is 0.491 e. The molecule has 65 heavy (non-hydrogen) atoms. The first-order valence-corrected chi connectivity index (χ1v) is 19.8. The van der Waals surface area contributed by atoms with Crippen LogP contribution in [0.2, 0.25) is 0 Å². The molecule has 17 nitrogen and oxygen atoms in total. The zero-order chi connectivity index (χ0) is 46.4. The van der Waals surface area contributed by atoms with Gasteiger partial charge < -0.3 is 24.2 Å². The van der Waals surface area contributed by atoms with Gasteiger partial charge in [-0.1, -0.05) is 48.5 Å². The van der Waals surface area contributed by atoms with Gasteiger partial charge in [0.1, 0.15) is 23.0 Å². The molecule has 0 atom stereocenters. The summed E-state index contributed by atoms with van der Waals surface area (Å²) in [4.78, 5) is 42.2. The van der Waals surface area contributed by atoms with Crippen LogP contribution in [0.15, 0.2) is 73.3 Å². The number of aromatic nitrogens is 12. The van der Waals surface area contributed by atoms with Crippen molar-refractivity contribution in [1.29, 1.82) is 0 Å². The van der Waals surface area contributed by atoms with Crippen molar-refractivity contribution in [3.05, 3.63) is 135 Å². The molecule has 0 fully saturated rings. The predicted octanol–water partition coefficient (Wildman–Crippen LogP) is 5.11. The van der Waals surface area contributed by atoms with Crippen molar-refractivity contribution in [2.24, 2.45) is 0 Å². The van der Waals surface area contributed by atoms with Crippen LogP contribution in [-0.2, 0) is 59.7 Å². The molecule has 6 aromatic heterocycles. The molecule has 2 aliphatic rings. The molecule has 0 spiro atoms. The van der Waals surface area contributed by atoms with E-state index in [-0.39, 0.29) is 6.61 Å². The molecule has 10 rings (SSSR count). The zero-order valence-electron chi connectivity index (χ0n) is 34.6. The second kappa shape index (κ2) is 17.2. The van der Waals surface area contributed by atoms with Crippen molar-refractivity contribution in [1.82, 2.24) is 53.3 Å². The number of imidazole rings is 2. The molecular weight excluding hydrogens is 867 g/mol. The van der Waals surface area contributed by atoms with E-state index in [4.69, 9.17) is 9.97 Å². The third-order valence-electron chi connectivity index (χ3n) is 10.5. The Morgan fingerprint density at radius 1 is 0.708 bits per heavy atom. The second-order valence-corrected chi connectivity index (χ2v) is 15.1. The summed E-state index contributed by atoms with van der Waals surface area (Å²) < 4.78 is 78.4. The van der Waals surface area contributed by atoms with Crippen LogP contribution in [0, 0.1) is 26.0 Å². The Balaban J connectivity index is 0.000000142. The van der Waals surface area contributed by atoms with E-state index in [0.717, 1.165) is 76.7 Å². The number of hydrogen-bond acceptors (Lipinski definition) is 12. The molecule has 336 valence electrons. The topological polar surface area (TPSA) is 199 Å². The summed E-state index contributed by atoms with van der Waals surface area (Å²) in [5.74, 6) is -2.84. The largest absolute Gasteiger partial charge is 0.618 e. The highest BCUT2D eigenvalue weighted by molar-refractivity contribution is 5.90. The van der Waals surface area contributed by atoms with E-state index >= 15 is 0 Å². The fourth-order valence-electron chi connectivity index (χ4n) is 7.30. The summed E-state index contributed by atoms with van der Waals surface area (Å²) in [5.41, 5.74) is 11.2. The molecule has 1 N–H and O–H groups in total. The standard InChI is InChI=1S/2C19H18N6O.C4F6O3/c1-12-9-24(26)13(2)18-21-17(22-25(12)18)8-7-15-11-23-10-14-5-3-4-6-16(14)19(23)20-15;1-12-8-20-16(11-26)19-22-17(23-25(12)19)7-6-14-10-24-9-13-4-2-3-5-15(13)18(24)21-14;5-3(6,7)1(11)13-2(12)4(8,9)10/h3-6,9,11H,7-8,10H2,1-2H3;2-5,8,10,26H,6-7,9,11H2,1H3;. The number of halogens is 6. The van der Waals surface area contributed by atoms with Gasteiger partial charge in [0.25, 0.3) is 0 Å². The predicted molar refractivity (Wildman–Crippen MR) is 214 cm³/mol. The van der Waals surface area contributed by atoms with Crippen molar-refractivity contribution < 1.29 is 50.5 Å². The van der Waals surface area contributed by atoms with Crippen molar-refractivity contribution in [3.8, 4) is 22.8 Å². The molecule has 2 aromatic carbocycles. The minimum Gasteiger partial charge on any atom is -0.618 e. The number of carbonyl (C=O) groups is 2. The van der Waals surface area contributed by atoms with E-state index in [1.165, 1.54) is 28.5 Å². The molecule has 0 bridgehead atoms. The number of ether oxygens (including phenoxy) is 1. The Morgan fingerprint density at radius 3 is 1.68 bits per heavy atom. The lowest BCUT2D eigenvalue weighted by Crippen LogP contribution is -2.34. The van der Waals surface area contributed by atoms with Crippen LogP contribution in [0.4, 0.5) is 26.3 Å². The number of aryl methyl sites for hydroxylation is 7. The first kappa shape index (κ1) is 44.1. The maximum absolute atomic E-state index is 11.8. The average molecular weight is 903 g/mol. The van der Waals surface area contributed by atoms with Gasteiger partial charge in [0.2, 0.25) is 17.5 Å². The molecule has 0 saturated carbocycles. The molecule has 8 aromatic rings. The lowest BCUT2D eigenvalue weighted by Gasteiger charge is -2.06. The monoisotopic (exact) mass is 902 g/mol. The minimum atomic E-state index is -5.62. The van der Waals surface area contributed by atoms with Gasteiger partial charge in [-0.3, -0.25) is 4.98 Å². The Morgan fingerprint density at radius 2 is 1.18 bits per heavy atom. The number of aliphatic hydroxyl groups excluding tert-OH is 1. The number of esters is 2. The number of nitrogens with zero attached hydrogens (tertiary/aromatic N) is 12. The molecule has 0 amide bonds. The van der Waals surface area contributed by atoms with E-state index in [1.807, 2.05) is 13.8 Å². The van der Waals surface area contributed by atoms with Crippen molar-refractivity contribution in [2.45, 2.75) is 78.5 Å². The van der Waals surface area contributed by atoms with Crippen LogP contribution >= 0.6 is 0 Å². The van der Waals surface area contributed by atoms with Gasteiger partial charge in [-0.05, 0) is 37.8 Å². The summed E-state index contributed by atoms with van der Waals surface area (Å²) >= 11 is 0. The third-order valence-corrected chi connectivity index (χ3v) is 10.5. The highest BCUT2D eigenvalue weighted by Crippen LogP contribution is 2.32. The number of fused-ring (bicyclic) bond motifs is 8. The summed E-state index contributed by atoms with van der Waals surface area (Å²) in [6.07, 6.45) is -0.838. The van der Waals surface area contributed by atoms with Crippen LogP contribution in [0.25, 0.3) is 34.1 Å². The van der Waals surface area contributed by atoms with Crippen LogP contribution in [0.5, 0.6) is 0 Å². The fourth-order valence-corrected chi connectivity index (χ4v) is 7.30. The Bertz CT molecular complexity index is 3090. The van der Waals surface area contributed by atoms with Crippen molar-refractivity contribution >= 4 is 23.2 Å². The first-order valence-electron chi connectivity index (χ1n) is 19.8. The van der Waals surface area contributed by atoms with Crippen LogP contribution in [0.1, 0.15) is 56.9 Å². The maximum atomic E-state index is 11.8. The summed E-state index contributed by atoms with van der Waals surface area (Å²) in [7, 11) is 0. The van der Waals surface area contributed by atoms with Gasteiger partial charge in [0.15, 0.2) is 17.3 Å². The minimum absolute atomic E-state index is 0.144.